The summed E-state index contributed by atoms with van der Waals surface area (Å²) in [6.07, 6.45) is 2.19. The Morgan fingerprint density at radius 3 is 2.70 bits per heavy atom. The fourth-order valence-electron chi connectivity index (χ4n) is 1.98. The molecule has 2 heterocycles. The van der Waals surface area contributed by atoms with Gasteiger partial charge in [0.15, 0.2) is 0 Å². The highest BCUT2D eigenvalue weighted by Gasteiger charge is 2.11. The maximum atomic E-state index is 11.7. The van der Waals surface area contributed by atoms with Crippen LogP contribution in [0.25, 0.3) is 11.4 Å². The van der Waals surface area contributed by atoms with Crippen molar-refractivity contribution in [1.82, 2.24) is 15.1 Å². The van der Waals surface area contributed by atoms with E-state index in [4.69, 9.17) is 9.26 Å². The molecule has 0 aliphatic carbocycles. The van der Waals surface area contributed by atoms with Crippen LogP contribution in [0.2, 0.25) is 0 Å². The van der Waals surface area contributed by atoms with Gasteiger partial charge in [0.25, 0.3) is 0 Å². The van der Waals surface area contributed by atoms with E-state index in [1.54, 1.807) is 12.3 Å². The average Bonchev–Trinajstić information content (AvgIpc) is 3.09. The van der Waals surface area contributed by atoms with Gasteiger partial charge in [-0.05, 0) is 12.1 Å². The predicted octanol–water partition coefficient (Wildman–Crippen LogP) is 2.81. The first-order chi connectivity index (χ1) is 11.3. The molecule has 3 aromatic rings. The summed E-state index contributed by atoms with van der Waals surface area (Å²) < 4.78 is 10.3. The molecule has 0 atom stereocenters. The number of hydrogen-bond acceptors (Lipinski definition) is 6. The number of benzene rings is 1. The van der Waals surface area contributed by atoms with Crippen LogP contribution in [0.3, 0.4) is 0 Å². The van der Waals surface area contributed by atoms with Crippen LogP contribution in [0.4, 0.5) is 0 Å². The number of pyridine rings is 1. The van der Waals surface area contributed by atoms with Crippen molar-refractivity contribution in [3.05, 3.63) is 66.3 Å². The predicted molar refractivity (Wildman–Crippen MR) is 82.1 cm³/mol. The molecule has 0 bridgehead atoms. The van der Waals surface area contributed by atoms with Gasteiger partial charge in [-0.3, -0.25) is 9.78 Å². The highest BCUT2D eigenvalue weighted by atomic mass is 16.5. The standard InChI is InChI=1S/C17H15N3O3/c21-16(22-12-14-8-4-5-11-18-14)10-9-15-19-17(20-23-15)13-6-2-1-3-7-13/h1-8,11H,9-10,12H2. The van der Waals surface area contributed by atoms with Crippen LogP contribution >= 0.6 is 0 Å². The summed E-state index contributed by atoms with van der Waals surface area (Å²) in [4.78, 5) is 20.1. The molecule has 0 unspecified atom stereocenters. The van der Waals surface area contributed by atoms with Gasteiger partial charge in [-0.15, -0.1) is 0 Å². The monoisotopic (exact) mass is 309 g/mol. The molecule has 0 spiro atoms. The second-order valence-corrected chi connectivity index (χ2v) is 4.86. The van der Waals surface area contributed by atoms with Crippen LogP contribution in [0.1, 0.15) is 18.0 Å². The number of aromatic nitrogens is 3. The molecule has 0 aliphatic rings. The van der Waals surface area contributed by atoms with Crippen LogP contribution < -0.4 is 0 Å². The third-order valence-corrected chi connectivity index (χ3v) is 3.15. The van der Waals surface area contributed by atoms with E-state index in [1.807, 2.05) is 42.5 Å². The Morgan fingerprint density at radius 2 is 1.91 bits per heavy atom. The molecule has 0 saturated heterocycles. The first-order valence-corrected chi connectivity index (χ1v) is 7.25. The zero-order chi connectivity index (χ0) is 15.9. The molecule has 0 amide bonds. The molecule has 1 aromatic carbocycles. The van der Waals surface area contributed by atoms with Gasteiger partial charge in [0, 0.05) is 18.2 Å². The topological polar surface area (TPSA) is 78.1 Å². The van der Waals surface area contributed by atoms with Crippen molar-refractivity contribution in [3.8, 4) is 11.4 Å². The van der Waals surface area contributed by atoms with Crippen molar-refractivity contribution in [2.45, 2.75) is 19.4 Å². The zero-order valence-electron chi connectivity index (χ0n) is 12.4. The molecule has 0 saturated carbocycles. The SMILES string of the molecule is O=C(CCc1nc(-c2ccccc2)no1)OCc1ccccn1. The Balaban J connectivity index is 1.49. The van der Waals surface area contributed by atoms with Crippen LogP contribution in [-0.2, 0) is 22.6 Å². The third kappa shape index (κ3) is 4.23. The lowest BCUT2D eigenvalue weighted by molar-refractivity contribution is -0.145. The van der Waals surface area contributed by atoms with Gasteiger partial charge < -0.3 is 9.26 Å². The van der Waals surface area contributed by atoms with Crippen LogP contribution in [0.15, 0.2) is 59.3 Å². The summed E-state index contributed by atoms with van der Waals surface area (Å²) in [6.45, 7) is 0.165. The van der Waals surface area contributed by atoms with Gasteiger partial charge in [-0.25, -0.2) is 0 Å². The second kappa shape index (κ2) is 7.31. The average molecular weight is 309 g/mol. The van der Waals surface area contributed by atoms with E-state index in [2.05, 4.69) is 15.1 Å². The zero-order valence-corrected chi connectivity index (χ0v) is 12.4. The molecule has 0 radical (unpaired) electrons. The number of esters is 1. The summed E-state index contributed by atoms with van der Waals surface area (Å²) in [5, 5.41) is 3.91. The number of carbonyl (C=O) groups is 1. The van der Waals surface area contributed by atoms with Gasteiger partial charge in [-0.1, -0.05) is 41.6 Å². The summed E-state index contributed by atoms with van der Waals surface area (Å²) in [5.74, 6) is 0.608. The number of aryl methyl sites for hydroxylation is 1. The number of carbonyl (C=O) groups excluding carboxylic acids is 1. The first kappa shape index (κ1) is 14.9. The second-order valence-electron chi connectivity index (χ2n) is 4.86. The number of hydrogen-bond donors (Lipinski definition) is 0. The van der Waals surface area contributed by atoms with Crippen LogP contribution in [0, 0.1) is 0 Å². The van der Waals surface area contributed by atoms with E-state index in [9.17, 15) is 4.79 Å². The Morgan fingerprint density at radius 1 is 1.09 bits per heavy atom. The molecular weight excluding hydrogens is 294 g/mol. The van der Waals surface area contributed by atoms with Gasteiger partial charge in [0.2, 0.25) is 11.7 Å². The highest BCUT2D eigenvalue weighted by molar-refractivity contribution is 5.69. The number of ether oxygens (including phenoxy) is 1. The van der Waals surface area contributed by atoms with Gasteiger partial charge in [0.1, 0.15) is 6.61 Å². The maximum Gasteiger partial charge on any atom is 0.306 e. The van der Waals surface area contributed by atoms with Crippen molar-refractivity contribution in [3.63, 3.8) is 0 Å². The fraction of sp³-hybridized carbons (Fsp3) is 0.176. The lowest BCUT2D eigenvalue weighted by Crippen LogP contribution is -2.06. The van der Waals surface area contributed by atoms with E-state index < -0.39 is 0 Å². The van der Waals surface area contributed by atoms with E-state index >= 15 is 0 Å². The molecule has 23 heavy (non-hydrogen) atoms. The minimum absolute atomic E-state index is 0.165. The maximum absolute atomic E-state index is 11.7. The summed E-state index contributed by atoms with van der Waals surface area (Å²) in [6, 6.07) is 15.0. The summed E-state index contributed by atoms with van der Waals surface area (Å²) in [7, 11) is 0. The van der Waals surface area contributed by atoms with Gasteiger partial charge in [0.05, 0.1) is 12.1 Å². The van der Waals surface area contributed by atoms with Crippen molar-refractivity contribution in [2.75, 3.05) is 0 Å². The molecule has 6 nitrogen and oxygen atoms in total. The Bertz CT molecular complexity index is 757. The minimum atomic E-state index is -0.324. The smallest absolute Gasteiger partial charge is 0.306 e. The van der Waals surface area contributed by atoms with Crippen LogP contribution in [0.5, 0.6) is 0 Å². The Labute approximate surface area is 133 Å². The Hall–Kier alpha value is -3.02. The molecule has 0 fully saturated rings. The molecular formula is C17H15N3O3. The van der Waals surface area contributed by atoms with E-state index in [1.165, 1.54) is 0 Å². The normalized spacial score (nSPS) is 10.4. The molecule has 3 rings (SSSR count). The van der Waals surface area contributed by atoms with Gasteiger partial charge >= 0.3 is 5.97 Å². The number of rotatable bonds is 6. The lowest BCUT2D eigenvalue weighted by atomic mass is 10.2. The van der Waals surface area contributed by atoms with Gasteiger partial charge in [-0.2, -0.15) is 4.98 Å². The molecule has 0 aliphatic heterocycles. The number of nitrogens with zero attached hydrogens (tertiary/aromatic N) is 3. The van der Waals surface area contributed by atoms with Crippen molar-refractivity contribution >= 4 is 5.97 Å². The summed E-state index contributed by atoms with van der Waals surface area (Å²) >= 11 is 0. The highest BCUT2D eigenvalue weighted by Crippen LogP contribution is 2.15. The fourth-order valence-corrected chi connectivity index (χ4v) is 1.98. The minimum Gasteiger partial charge on any atom is -0.459 e. The largest absolute Gasteiger partial charge is 0.459 e. The summed E-state index contributed by atoms with van der Waals surface area (Å²) in [5.41, 5.74) is 1.59. The molecule has 0 N–H and O–H groups in total. The van der Waals surface area contributed by atoms with Crippen LogP contribution in [-0.4, -0.2) is 21.1 Å². The first-order valence-electron chi connectivity index (χ1n) is 7.25. The van der Waals surface area contributed by atoms with E-state index in [-0.39, 0.29) is 19.0 Å². The van der Waals surface area contributed by atoms with Crippen molar-refractivity contribution in [2.24, 2.45) is 0 Å². The quantitative estimate of drug-likeness (QED) is 0.652. The lowest BCUT2D eigenvalue weighted by Gasteiger charge is -2.02. The Kier molecular flexibility index (Phi) is 4.73. The molecule has 2 aromatic heterocycles. The molecule has 116 valence electrons. The van der Waals surface area contributed by atoms with E-state index in [0.29, 0.717) is 23.8 Å². The van der Waals surface area contributed by atoms with Crippen molar-refractivity contribution in [1.29, 1.82) is 0 Å². The van der Waals surface area contributed by atoms with E-state index in [0.717, 1.165) is 5.56 Å². The van der Waals surface area contributed by atoms with Crippen molar-refractivity contribution < 1.29 is 14.1 Å². The third-order valence-electron chi connectivity index (χ3n) is 3.15. The molecule has 6 heteroatoms.